The predicted molar refractivity (Wildman–Crippen MR) is 87.8 cm³/mol. The van der Waals surface area contributed by atoms with Crippen LogP contribution in [0.5, 0.6) is 0 Å². The number of pyridine rings is 1. The summed E-state index contributed by atoms with van der Waals surface area (Å²) in [5.74, 6) is 0.491. The molecule has 0 unspecified atom stereocenters. The monoisotopic (exact) mass is 328 g/mol. The fraction of sp³-hybridized carbons (Fsp3) is 0. The van der Waals surface area contributed by atoms with Gasteiger partial charge in [0.1, 0.15) is 23.4 Å². The zero-order chi connectivity index (χ0) is 15.1. The van der Waals surface area contributed by atoms with Gasteiger partial charge in [-0.25, -0.2) is 10.3 Å². The van der Waals surface area contributed by atoms with Crippen LogP contribution in [0.15, 0.2) is 52.8 Å². The Morgan fingerprint density at radius 1 is 1.05 bits per heavy atom. The maximum atomic E-state index is 6.33. The van der Waals surface area contributed by atoms with E-state index in [2.05, 4.69) is 20.5 Å². The van der Waals surface area contributed by atoms with E-state index in [0.29, 0.717) is 21.6 Å². The predicted octanol–water partition coefficient (Wildman–Crippen LogP) is 3.62. The zero-order valence-electron chi connectivity index (χ0n) is 11.1. The summed E-state index contributed by atoms with van der Waals surface area (Å²) in [5.41, 5.74) is 2.91. The molecule has 0 N–H and O–H groups in total. The highest BCUT2D eigenvalue weighted by molar-refractivity contribution is 6.35. The van der Waals surface area contributed by atoms with Crippen LogP contribution in [0.3, 0.4) is 0 Å². The first-order chi connectivity index (χ1) is 10.7. The number of fused-ring (bicyclic) bond motifs is 1. The van der Waals surface area contributed by atoms with Crippen LogP contribution in [-0.4, -0.2) is 21.6 Å². The molecule has 0 amide bonds. The van der Waals surface area contributed by atoms with Gasteiger partial charge in [0.05, 0.1) is 5.02 Å². The Bertz CT molecular complexity index is 942. The maximum Gasteiger partial charge on any atom is 0.202 e. The van der Waals surface area contributed by atoms with Gasteiger partial charge in [-0.15, -0.1) is 10.2 Å². The van der Waals surface area contributed by atoms with Gasteiger partial charge in [-0.3, -0.25) is 4.40 Å². The van der Waals surface area contributed by atoms with Crippen molar-refractivity contribution >= 4 is 41.0 Å². The van der Waals surface area contributed by atoms with Crippen molar-refractivity contribution in [2.75, 3.05) is 0 Å². The topological polar surface area (TPSA) is 56.1 Å². The molecule has 0 bridgehead atoms. The summed E-state index contributed by atoms with van der Waals surface area (Å²) in [6.07, 6.45) is 3.30. The van der Waals surface area contributed by atoms with Crippen molar-refractivity contribution < 1.29 is 0 Å². The van der Waals surface area contributed by atoms with Crippen LogP contribution in [-0.2, 0) is 0 Å². The molecule has 3 aromatic rings. The first-order valence-electron chi connectivity index (χ1n) is 6.47. The van der Waals surface area contributed by atoms with Crippen molar-refractivity contribution in [3.8, 4) is 11.3 Å². The van der Waals surface area contributed by atoms with E-state index in [4.69, 9.17) is 23.2 Å². The van der Waals surface area contributed by atoms with Gasteiger partial charge in [0.2, 0.25) is 5.84 Å². The summed E-state index contributed by atoms with van der Waals surface area (Å²) in [4.78, 5) is 4.65. The van der Waals surface area contributed by atoms with Crippen LogP contribution in [0.1, 0.15) is 5.69 Å². The number of halogens is 2. The first-order valence-corrected chi connectivity index (χ1v) is 7.23. The Kier molecular flexibility index (Phi) is 3.10. The fourth-order valence-electron chi connectivity index (χ4n) is 2.37. The van der Waals surface area contributed by atoms with E-state index in [-0.39, 0.29) is 0 Å². The van der Waals surface area contributed by atoms with Gasteiger partial charge < -0.3 is 0 Å². The second kappa shape index (κ2) is 5.12. The molecule has 2 aromatic heterocycles. The van der Waals surface area contributed by atoms with Gasteiger partial charge in [-0.05, 0) is 30.3 Å². The molecule has 4 rings (SSSR count). The van der Waals surface area contributed by atoms with Gasteiger partial charge in [0.15, 0.2) is 0 Å². The van der Waals surface area contributed by atoms with Crippen LogP contribution in [0.25, 0.3) is 16.9 Å². The van der Waals surface area contributed by atoms with Crippen molar-refractivity contribution in [3.05, 3.63) is 58.3 Å². The van der Waals surface area contributed by atoms with E-state index in [9.17, 15) is 0 Å². The number of amidine groups is 1. The van der Waals surface area contributed by atoms with Gasteiger partial charge in [0.25, 0.3) is 0 Å². The molecule has 0 spiro atoms. The van der Waals surface area contributed by atoms with Crippen molar-refractivity contribution in [2.24, 2.45) is 10.2 Å². The summed E-state index contributed by atoms with van der Waals surface area (Å²) in [7, 11) is 0. The van der Waals surface area contributed by atoms with Crippen LogP contribution in [0.4, 0.5) is 0 Å². The van der Waals surface area contributed by atoms with Crippen LogP contribution < -0.4 is 5.32 Å². The minimum atomic E-state index is 0.491. The smallest absolute Gasteiger partial charge is 0.202 e. The van der Waals surface area contributed by atoms with E-state index in [1.807, 2.05) is 28.8 Å². The molecule has 0 saturated carbocycles. The second-order valence-electron chi connectivity index (χ2n) is 4.65. The van der Waals surface area contributed by atoms with Gasteiger partial charge >= 0.3 is 0 Å². The standard InChI is InChI=1S/C15H8Cl2N5/c16-9-4-5-11(17)10(7-9)13-14(15-18-8-19-21-15)22-6-2-1-3-12(22)20-13/h1-8H. The lowest BCUT2D eigenvalue weighted by Crippen LogP contribution is -2.14. The number of rotatable bonds is 2. The molecular weight excluding hydrogens is 321 g/mol. The molecule has 1 aromatic carbocycles. The lowest BCUT2D eigenvalue weighted by atomic mass is 10.1. The van der Waals surface area contributed by atoms with E-state index < -0.39 is 0 Å². The Morgan fingerprint density at radius 2 is 1.95 bits per heavy atom. The highest BCUT2D eigenvalue weighted by Gasteiger charge is 2.22. The number of hydrogen-bond acceptors (Lipinski definition) is 3. The molecular formula is C15H8Cl2N5. The molecule has 0 aliphatic carbocycles. The zero-order valence-corrected chi connectivity index (χ0v) is 12.6. The number of aromatic nitrogens is 2. The average Bonchev–Trinajstić information content (AvgIpc) is 3.16. The molecule has 5 nitrogen and oxygen atoms in total. The third kappa shape index (κ3) is 2.06. The van der Waals surface area contributed by atoms with Crippen molar-refractivity contribution in [2.45, 2.75) is 0 Å². The average molecular weight is 329 g/mol. The summed E-state index contributed by atoms with van der Waals surface area (Å²) in [6, 6.07) is 11.0. The number of imidazole rings is 1. The number of benzene rings is 1. The lowest BCUT2D eigenvalue weighted by Gasteiger charge is -2.06. The quantitative estimate of drug-likeness (QED) is 0.708. The second-order valence-corrected chi connectivity index (χ2v) is 5.49. The highest BCUT2D eigenvalue weighted by Crippen LogP contribution is 2.33. The van der Waals surface area contributed by atoms with Crippen LogP contribution in [0, 0.1) is 0 Å². The Hall–Kier alpha value is -2.37. The molecule has 0 fully saturated rings. The SMILES string of the molecule is Clc1ccc(Cl)c(-c2nc3ccccn3c2C2=NN=C[N]2)c1. The number of hydrogen-bond donors (Lipinski definition) is 0. The Labute approximate surface area is 135 Å². The molecule has 1 aliphatic rings. The summed E-state index contributed by atoms with van der Waals surface area (Å²) in [5, 5.41) is 13.2. The van der Waals surface area contributed by atoms with E-state index in [0.717, 1.165) is 16.9 Å². The van der Waals surface area contributed by atoms with E-state index >= 15 is 0 Å². The first kappa shape index (κ1) is 13.3. The van der Waals surface area contributed by atoms with E-state index in [1.54, 1.807) is 18.2 Å². The summed E-state index contributed by atoms with van der Waals surface area (Å²) < 4.78 is 1.91. The van der Waals surface area contributed by atoms with Crippen molar-refractivity contribution in [3.63, 3.8) is 0 Å². The molecule has 22 heavy (non-hydrogen) atoms. The molecule has 107 valence electrons. The molecule has 7 heteroatoms. The van der Waals surface area contributed by atoms with E-state index in [1.165, 1.54) is 6.34 Å². The largest absolute Gasteiger partial charge is 0.296 e. The van der Waals surface area contributed by atoms with Crippen molar-refractivity contribution in [1.82, 2.24) is 14.7 Å². The third-order valence-electron chi connectivity index (χ3n) is 3.31. The molecule has 3 heterocycles. The molecule has 0 atom stereocenters. The van der Waals surface area contributed by atoms with Gasteiger partial charge in [-0.1, -0.05) is 29.3 Å². The van der Waals surface area contributed by atoms with Gasteiger partial charge in [-0.2, -0.15) is 0 Å². The summed E-state index contributed by atoms with van der Waals surface area (Å²) >= 11 is 12.4. The molecule has 1 radical (unpaired) electrons. The number of nitrogens with zero attached hydrogens (tertiary/aromatic N) is 5. The fourth-order valence-corrected chi connectivity index (χ4v) is 2.75. The molecule has 1 aliphatic heterocycles. The van der Waals surface area contributed by atoms with Crippen LogP contribution in [0.2, 0.25) is 10.0 Å². The lowest BCUT2D eigenvalue weighted by molar-refractivity contribution is 1.14. The third-order valence-corrected chi connectivity index (χ3v) is 3.87. The minimum absolute atomic E-state index is 0.491. The maximum absolute atomic E-state index is 6.33. The Morgan fingerprint density at radius 3 is 2.77 bits per heavy atom. The highest BCUT2D eigenvalue weighted by atomic mass is 35.5. The minimum Gasteiger partial charge on any atom is -0.296 e. The van der Waals surface area contributed by atoms with Gasteiger partial charge in [0, 0.05) is 16.8 Å². The summed E-state index contributed by atoms with van der Waals surface area (Å²) in [6.45, 7) is 0. The van der Waals surface area contributed by atoms with Crippen LogP contribution >= 0.6 is 23.2 Å². The Balaban J connectivity index is 2.05. The van der Waals surface area contributed by atoms with Crippen molar-refractivity contribution in [1.29, 1.82) is 0 Å². The normalized spacial score (nSPS) is 13.5. The molecule has 0 saturated heterocycles.